The Labute approximate surface area is 133 Å². The van der Waals surface area contributed by atoms with Crippen molar-refractivity contribution in [3.8, 4) is 0 Å². The van der Waals surface area contributed by atoms with Crippen molar-refractivity contribution in [1.29, 1.82) is 0 Å². The number of hydrogen-bond acceptors (Lipinski definition) is 4. The lowest BCUT2D eigenvalue weighted by molar-refractivity contribution is -0.132. The summed E-state index contributed by atoms with van der Waals surface area (Å²) >= 11 is 4.90. The van der Waals surface area contributed by atoms with Crippen LogP contribution in [0.4, 0.5) is 0 Å². The standard InChI is InChI=1S/C13H20BrNO3S2/c1-8(11-6-7-12(14)19-11)13(16)15(4)9(2)10(3)20(5,17)18/h6-10H,1-5H3/t8-,9-,10+/m0/s1. The fourth-order valence-corrected chi connectivity index (χ4v) is 4.23. The molecule has 114 valence electrons. The first kappa shape index (κ1) is 17.7. The minimum Gasteiger partial charge on any atom is -0.341 e. The van der Waals surface area contributed by atoms with Crippen LogP contribution in [0.2, 0.25) is 0 Å². The first-order valence-electron chi connectivity index (χ1n) is 6.26. The number of hydrogen-bond donors (Lipinski definition) is 0. The van der Waals surface area contributed by atoms with Gasteiger partial charge in [0.05, 0.1) is 15.0 Å². The second-order valence-electron chi connectivity index (χ2n) is 5.09. The van der Waals surface area contributed by atoms with E-state index in [9.17, 15) is 13.2 Å². The van der Waals surface area contributed by atoms with Gasteiger partial charge in [0.15, 0.2) is 9.84 Å². The van der Waals surface area contributed by atoms with Gasteiger partial charge in [-0.2, -0.15) is 0 Å². The maximum atomic E-state index is 12.4. The number of thiophene rings is 1. The summed E-state index contributed by atoms with van der Waals surface area (Å²) in [7, 11) is -1.51. The van der Waals surface area contributed by atoms with Crippen molar-refractivity contribution in [3.63, 3.8) is 0 Å². The van der Waals surface area contributed by atoms with E-state index in [1.54, 1.807) is 20.9 Å². The van der Waals surface area contributed by atoms with Gasteiger partial charge in [-0.1, -0.05) is 0 Å². The third-order valence-electron chi connectivity index (χ3n) is 3.70. The molecule has 1 amide bonds. The first-order chi connectivity index (χ1) is 9.05. The van der Waals surface area contributed by atoms with E-state index in [0.717, 1.165) is 8.66 Å². The quantitative estimate of drug-likeness (QED) is 0.787. The molecule has 7 heteroatoms. The predicted octanol–water partition coefficient (Wildman–Crippen LogP) is 2.89. The van der Waals surface area contributed by atoms with E-state index in [0.29, 0.717) is 0 Å². The van der Waals surface area contributed by atoms with Gasteiger partial charge in [-0.3, -0.25) is 4.79 Å². The van der Waals surface area contributed by atoms with E-state index in [-0.39, 0.29) is 17.9 Å². The maximum absolute atomic E-state index is 12.4. The van der Waals surface area contributed by atoms with Gasteiger partial charge in [-0.25, -0.2) is 8.42 Å². The van der Waals surface area contributed by atoms with Gasteiger partial charge >= 0.3 is 0 Å². The zero-order valence-electron chi connectivity index (χ0n) is 12.3. The third-order valence-corrected chi connectivity index (χ3v) is 7.26. The van der Waals surface area contributed by atoms with Crippen LogP contribution < -0.4 is 0 Å². The molecule has 0 radical (unpaired) electrons. The Kier molecular flexibility index (Phi) is 5.80. The molecular formula is C13H20BrNO3S2. The largest absolute Gasteiger partial charge is 0.341 e. The van der Waals surface area contributed by atoms with Gasteiger partial charge in [0, 0.05) is 24.2 Å². The maximum Gasteiger partial charge on any atom is 0.230 e. The Morgan fingerprint density at radius 2 is 1.85 bits per heavy atom. The van der Waals surface area contributed by atoms with Crippen LogP contribution in [0.1, 0.15) is 31.6 Å². The highest BCUT2D eigenvalue weighted by atomic mass is 79.9. The Hall–Kier alpha value is -0.400. The van der Waals surface area contributed by atoms with Crippen LogP contribution in [0, 0.1) is 0 Å². The van der Waals surface area contributed by atoms with Crippen molar-refractivity contribution in [2.24, 2.45) is 0 Å². The number of likely N-dealkylation sites (N-methyl/N-ethyl adjacent to an activating group) is 1. The van der Waals surface area contributed by atoms with Crippen molar-refractivity contribution in [2.75, 3.05) is 13.3 Å². The minimum atomic E-state index is -3.17. The van der Waals surface area contributed by atoms with Gasteiger partial charge in [-0.05, 0) is 48.8 Å². The van der Waals surface area contributed by atoms with Crippen molar-refractivity contribution in [1.82, 2.24) is 4.90 Å². The topological polar surface area (TPSA) is 54.5 Å². The summed E-state index contributed by atoms with van der Waals surface area (Å²) in [6.45, 7) is 5.24. The van der Waals surface area contributed by atoms with E-state index in [1.807, 2.05) is 19.1 Å². The molecule has 1 aromatic heterocycles. The molecule has 3 atom stereocenters. The van der Waals surface area contributed by atoms with Gasteiger partial charge < -0.3 is 4.90 Å². The molecule has 0 saturated heterocycles. The molecule has 1 aromatic rings. The van der Waals surface area contributed by atoms with Crippen molar-refractivity contribution in [2.45, 2.75) is 38.0 Å². The highest BCUT2D eigenvalue weighted by Crippen LogP contribution is 2.30. The van der Waals surface area contributed by atoms with Crippen LogP contribution in [-0.2, 0) is 14.6 Å². The van der Waals surface area contributed by atoms with Crippen molar-refractivity contribution in [3.05, 3.63) is 20.8 Å². The van der Waals surface area contributed by atoms with Crippen molar-refractivity contribution < 1.29 is 13.2 Å². The molecule has 0 aromatic carbocycles. The summed E-state index contributed by atoms with van der Waals surface area (Å²) in [4.78, 5) is 14.9. The SMILES string of the molecule is C[C@H](C(=O)N(C)[C@@H](C)[C@@H](C)S(C)(=O)=O)c1ccc(Br)s1. The molecule has 0 aliphatic heterocycles. The van der Waals surface area contributed by atoms with Gasteiger partial charge in [-0.15, -0.1) is 11.3 Å². The van der Waals surface area contributed by atoms with Crippen LogP contribution in [0.25, 0.3) is 0 Å². The van der Waals surface area contributed by atoms with Gasteiger partial charge in [0.1, 0.15) is 0 Å². The van der Waals surface area contributed by atoms with Crippen LogP contribution in [0.15, 0.2) is 15.9 Å². The number of amides is 1. The van der Waals surface area contributed by atoms with Crippen LogP contribution in [0.3, 0.4) is 0 Å². The summed E-state index contributed by atoms with van der Waals surface area (Å²) in [6, 6.07) is 3.46. The van der Waals surface area contributed by atoms with Crippen LogP contribution >= 0.6 is 27.3 Å². The fraction of sp³-hybridized carbons (Fsp3) is 0.615. The monoisotopic (exact) mass is 381 g/mol. The smallest absolute Gasteiger partial charge is 0.230 e. The molecule has 0 bridgehead atoms. The molecule has 0 spiro atoms. The predicted molar refractivity (Wildman–Crippen MR) is 87.0 cm³/mol. The number of halogens is 1. The first-order valence-corrected chi connectivity index (χ1v) is 9.83. The highest BCUT2D eigenvalue weighted by molar-refractivity contribution is 9.11. The van der Waals surface area contributed by atoms with E-state index in [1.165, 1.54) is 22.5 Å². The second kappa shape index (κ2) is 6.58. The molecule has 0 saturated carbocycles. The summed E-state index contributed by atoms with van der Waals surface area (Å²) < 4.78 is 24.2. The number of rotatable bonds is 5. The van der Waals surface area contributed by atoms with Gasteiger partial charge in [0.25, 0.3) is 0 Å². The lowest BCUT2D eigenvalue weighted by Crippen LogP contribution is -2.45. The average molecular weight is 382 g/mol. The molecule has 20 heavy (non-hydrogen) atoms. The van der Waals surface area contributed by atoms with E-state index in [4.69, 9.17) is 0 Å². The Morgan fingerprint density at radius 3 is 2.25 bits per heavy atom. The van der Waals surface area contributed by atoms with E-state index >= 15 is 0 Å². The third kappa shape index (κ3) is 4.05. The number of nitrogens with zero attached hydrogens (tertiary/aromatic N) is 1. The molecule has 1 heterocycles. The average Bonchev–Trinajstić information content (AvgIpc) is 2.79. The molecule has 0 N–H and O–H groups in total. The zero-order chi connectivity index (χ0) is 15.7. The zero-order valence-corrected chi connectivity index (χ0v) is 15.5. The normalized spacial score (nSPS) is 16.5. The number of carbonyl (C=O) groups is 1. The van der Waals surface area contributed by atoms with Crippen molar-refractivity contribution >= 4 is 43.0 Å². The number of carbonyl (C=O) groups excluding carboxylic acids is 1. The molecule has 0 aliphatic carbocycles. The summed E-state index contributed by atoms with van der Waals surface area (Å²) in [5.41, 5.74) is 0. The second-order valence-corrected chi connectivity index (χ2v) is 9.99. The summed E-state index contributed by atoms with van der Waals surface area (Å²) in [5, 5.41) is -0.585. The summed E-state index contributed by atoms with van der Waals surface area (Å²) in [6.07, 6.45) is 1.20. The lowest BCUT2D eigenvalue weighted by atomic mass is 10.1. The molecule has 0 unspecified atom stereocenters. The molecule has 4 nitrogen and oxygen atoms in total. The van der Waals surface area contributed by atoms with Crippen LogP contribution in [0.5, 0.6) is 0 Å². The molecule has 1 rings (SSSR count). The molecular weight excluding hydrogens is 362 g/mol. The Bertz CT molecular complexity index is 582. The minimum absolute atomic E-state index is 0.0673. The lowest BCUT2D eigenvalue weighted by Gasteiger charge is -2.30. The molecule has 0 aliphatic rings. The van der Waals surface area contributed by atoms with Gasteiger partial charge in [0.2, 0.25) is 5.91 Å². The number of sulfone groups is 1. The van der Waals surface area contributed by atoms with E-state index in [2.05, 4.69) is 15.9 Å². The molecule has 0 fully saturated rings. The highest BCUT2D eigenvalue weighted by Gasteiger charge is 2.30. The Morgan fingerprint density at radius 1 is 1.30 bits per heavy atom. The summed E-state index contributed by atoms with van der Waals surface area (Å²) in [5.74, 6) is -0.340. The van der Waals surface area contributed by atoms with E-state index < -0.39 is 15.1 Å². The fourth-order valence-electron chi connectivity index (χ4n) is 1.86. The van der Waals surface area contributed by atoms with Crippen LogP contribution in [-0.4, -0.2) is 43.8 Å². The Balaban J connectivity index is 2.86.